The summed E-state index contributed by atoms with van der Waals surface area (Å²) in [6.45, 7) is 5.89. The van der Waals surface area contributed by atoms with E-state index in [-0.39, 0.29) is 16.8 Å². The zero-order valence-electron chi connectivity index (χ0n) is 11.8. The van der Waals surface area contributed by atoms with Gasteiger partial charge in [0.1, 0.15) is 11.3 Å². The summed E-state index contributed by atoms with van der Waals surface area (Å²) < 4.78 is 16.2. The van der Waals surface area contributed by atoms with E-state index in [1.807, 2.05) is 25.3 Å². The fourth-order valence-electron chi connectivity index (χ4n) is 2.43. The number of imidazole rings is 1. The first-order valence-corrected chi connectivity index (χ1v) is 6.89. The highest BCUT2D eigenvalue weighted by Gasteiger charge is 2.17. The summed E-state index contributed by atoms with van der Waals surface area (Å²) in [7, 11) is 0. The van der Waals surface area contributed by atoms with Gasteiger partial charge in [-0.3, -0.25) is 0 Å². The Hall–Kier alpha value is -2.08. The third kappa shape index (κ3) is 2.35. The summed E-state index contributed by atoms with van der Waals surface area (Å²) in [6.07, 6.45) is 1.51. The normalized spacial score (nSPS) is 11.5. The van der Waals surface area contributed by atoms with E-state index < -0.39 is 5.95 Å². The molecule has 0 radical (unpaired) electrons. The Morgan fingerprint density at radius 3 is 2.62 bits per heavy atom. The highest BCUT2D eigenvalue weighted by atomic mass is 35.5. The molecule has 0 unspecified atom stereocenters. The van der Waals surface area contributed by atoms with Gasteiger partial charge in [0.05, 0.1) is 16.9 Å². The molecule has 0 aliphatic rings. The molecule has 0 aromatic carbocycles. The molecule has 108 valence electrons. The van der Waals surface area contributed by atoms with Gasteiger partial charge in [-0.05, 0) is 44.5 Å². The number of fused-ring (bicyclic) bond motifs is 1. The van der Waals surface area contributed by atoms with Crippen LogP contribution in [0.15, 0.2) is 18.3 Å². The van der Waals surface area contributed by atoms with Gasteiger partial charge in [-0.1, -0.05) is 0 Å². The second-order valence-electron chi connectivity index (χ2n) is 5.00. The highest BCUT2D eigenvalue weighted by Crippen LogP contribution is 2.26. The number of halogens is 2. The van der Waals surface area contributed by atoms with Crippen LogP contribution in [-0.4, -0.2) is 24.5 Å². The van der Waals surface area contributed by atoms with Gasteiger partial charge in [0.15, 0.2) is 0 Å². The SMILES string of the molecule is Cc1nc2c(F)nc(-c3ccnc(Cl)n3)cc2n1C(C)C. The van der Waals surface area contributed by atoms with Crippen molar-refractivity contribution in [3.8, 4) is 11.4 Å². The van der Waals surface area contributed by atoms with E-state index in [4.69, 9.17) is 11.6 Å². The Balaban J connectivity index is 2.29. The lowest BCUT2D eigenvalue weighted by Gasteiger charge is -2.11. The number of aryl methyl sites for hydroxylation is 1. The molecule has 0 bridgehead atoms. The minimum atomic E-state index is -0.611. The van der Waals surface area contributed by atoms with Crippen molar-refractivity contribution in [1.82, 2.24) is 24.5 Å². The molecule has 21 heavy (non-hydrogen) atoms. The number of rotatable bonds is 2. The summed E-state index contributed by atoms with van der Waals surface area (Å²) in [5, 5.41) is 0.100. The summed E-state index contributed by atoms with van der Waals surface area (Å²) >= 11 is 5.78. The Kier molecular flexibility index (Phi) is 3.33. The average molecular weight is 306 g/mol. The largest absolute Gasteiger partial charge is 0.325 e. The minimum absolute atomic E-state index is 0.100. The van der Waals surface area contributed by atoms with Gasteiger partial charge >= 0.3 is 0 Å². The molecule has 0 aliphatic carbocycles. The average Bonchev–Trinajstić information content (AvgIpc) is 2.75. The summed E-state index contributed by atoms with van der Waals surface area (Å²) in [5.41, 5.74) is 1.85. The predicted molar refractivity (Wildman–Crippen MR) is 78.6 cm³/mol. The number of hydrogen-bond donors (Lipinski definition) is 0. The number of hydrogen-bond acceptors (Lipinski definition) is 4. The van der Waals surface area contributed by atoms with Gasteiger partial charge in [0, 0.05) is 12.2 Å². The quantitative estimate of drug-likeness (QED) is 0.536. The lowest BCUT2D eigenvalue weighted by atomic mass is 10.2. The molecule has 3 rings (SSSR count). The van der Waals surface area contributed by atoms with E-state index in [1.165, 1.54) is 6.20 Å². The van der Waals surface area contributed by atoms with E-state index in [9.17, 15) is 4.39 Å². The second kappa shape index (κ2) is 5.04. The maximum atomic E-state index is 14.2. The van der Waals surface area contributed by atoms with Crippen molar-refractivity contribution < 1.29 is 4.39 Å². The molecule has 7 heteroatoms. The van der Waals surface area contributed by atoms with Crippen molar-refractivity contribution in [2.75, 3.05) is 0 Å². The highest BCUT2D eigenvalue weighted by molar-refractivity contribution is 6.28. The van der Waals surface area contributed by atoms with Gasteiger partial charge in [-0.15, -0.1) is 0 Å². The van der Waals surface area contributed by atoms with E-state index >= 15 is 0 Å². The van der Waals surface area contributed by atoms with Crippen LogP contribution in [0.3, 0.4) is 0 Å². The van der Waals surface area contributed by atoms with Crippen LogP contribution in [-0.2, 0) is 0 Å². The first kappa shape index (κ1) is 13.9. The lowest BCUT2D eigenvalue weighted by molar-refractivity contribution is 0.593. The molecule has 3 aromatic heterocycles. The van der Waals surface area contributed by atoms with Gasteiger partial charge in [0.2, 0.25) is 11.2 Å². The van der Waals surface area contributed by atoms with E-state index in [2.05, 4.69) is 19.9 Å². The third-order valence-corrected chi connectivity index (χ3v) is 3.40. The van der Waals surface area contributed by atoms with Crippen LogP contribution < -0.4 is 0 Å². The van der Waals surface area contributed by atoms with Crippen LogP contribution in [0.2, 0.25) is 5.28 Å². The van der Waals surface area contributed by atoms with Gasteiger partial charge < -0.3 is 4.57 Å². The van der Waals surface area contributed by atoms with Crippen molar-refractivity contribution >= 4 is 22.6 Å². The first-order valence-electron chi connectivity index (χ1n) is 6.51. The predicted octanol–water partition coefficient (Wildman–Crippen LogP) is 3.57. The maximum Gasteiger partial charge on any atom is 0.241 e. The number of nitrogens with zero attached hydrogens (tertiary/aromatic N) is 5. The molecule has 0 spiro atoms. The van der Waals surface area contributed by atoms with Crippen molar-refractivity contribution in [2.24, 2.45) is 0 Å². The molecule has 0 amide bonds. The Morgan fingerprint density at radius 2 is 1.95 bits per heavy atom. The van der Waals surface area contributed by atoms with Crippen molar-refractivity contribution in [3.63, 3.8) is 0 Å². The molecule has 0 saturated carbocycles. The molecule has 0 fully saturated rings. The lowest BCUT2D eigenvalue weighted by Crippen LogP contribution is -2.03. The van der Waals surface area contributed by atoms with E-state index in [1.54, 1.807) is 12.1 Å². The minimum Gasteiger partial charge on any atom is -0.325 e. The molecule has 0 saturated heterocycles. The smallest absolute Gasteiger partial charge is 0.241 e. The van der Waals surface area contributed by atoms with Gasteiger partial charge in [-0.2, -0.15) is 4.39 Å². The van der Waals surface area contributed by atoms with Crippen LogP contribution in [0.4, 0.5) is 4.39 Å². The fraction of sp³-hybridized carbons (Fsp3) is 0.286. The van der Waals surface area contributed by atoms with Crippen LogP contribution in [0.5, 0.6) is 0 Å². The van der Waals surface area contributed by atoms with Crippen LogP contribution >= 0.6 is 11.6 Å². The standard InChI is InChI=1S/C14H13ClFN5/c1-7(2)21-8(3)18-12-11(21)6-10(19-13(12)16)9-4-5-17-14(15)20-9/h4-7H,1-3H3. The van der Waals surface area contributed by atoms with Crippen LogP contribution in [0.1, 0.15) is 25.7 Å². The molecule has 5 nitrogen and oxygen atoms in total. The summed E-state index contributed by atoms with van der Waals surface area (Å²) in [5.74, 6) is 0.137. The maximum absolute atomic E-state index is 14.2. The first-order chi connectivity index (χ1) is 9.97. The van der Waals surface area contributed by atoms with Crippen LogP contribution in [0.25, 0.3) is 22.4 Å². The topological polar surface area (TPSA) is 56.5 Å². The molecule has 0 atom stereocenters. The number of aromatic nitrogens is 5. The second-order valence-corrected chi connectivity index (χ2v) is 5.34. The van der Waals surface area contributed by atoms with Gasteiger partial charge in [0.25, 0.3) is 0 Å². The molecular weight excluding hydrogens is 293 g/mol. The Bertz CT molecular complexity index is 828. The Labute approximate surface area is 125 Å². The molecular formula is C14H13ClFN5. The molecule has 0 N–H and O–H groups in total. The van der Waals surface area contributed by atoms with E-state index in [0.717, 1.165) is 5.82 Å². The van der Waals surface area contributed by atoms with Crippen LogP contribution in [0, 0.1) is 12.9 Å². The zero-order valence-corrected chi connectivity index (χ0v) is 12.6. The molecule has 3 heterocycles. The fourth-order valence-corrected chi connectivity index (χ4v) is 2.58. The Morgan fingerprint density at radius 1 is 1.19 bits per heavy atom. The van der Waals surface area contributed by atoms with Gasteiger partial charge in [-0.25, -0.2) is 19.9 Å². The van der Waals surface area contributed by atoms with Crippen molar-refractivity contribution in [2.45, 2.75) is 26.8 Å². The van der Waals surface area contributed by atoms with E-state index in [0.29, 0.717) is 16.9 Å². The third-order valence-electron chi connectivity index (χ3n) is 3.22. The monoisotopic (exact) mass is 305 g/mol. The summed E-state index contributed by atoms with van der Waals surface area (Å²) in [6, 6.07) is 3.58. The number of pyridine rings is 1. The van der Waals surface area contributed by atoms with Crippen molar-refractivity contribution in [3.05, 3.63) is 35.4 Å². The molecule has 3 aromatic rings. The summed E-state index contributed by atoms with van der Waals surface area (Å²) in [4.78, 5) is 16.1. The zero-order chi connectivity index (χ0) is 15.1. The molecule has 0 aliphatic heterocycles. The van der Waals surface area contributed by atoms with Crippen molar-refractivity contribution in [1.29, 1.82) is 0 Å².